The van der Waals surface area contributed by atoms with Crippen LogP contribution in [0.15, 0.2) is 61.1 Å². The van der Waals surface area contributed by atoms with Crippen LogP contribution >= 0.6 is 0 Å². The van der Waals surface area contributed by atoms with E-state index in [2.05, 4.69) is 25.5 Å². The molecule has 0 unspecified atom stereocenters. The van der Waals surface area contributed by atoms with Crippen molar-refractivity contribution in [2.45, 2.75) is 12.5 Å². The number of rotatable bonds is 6. The van der Waals surface area contributed by atoms with Crippen LogP contribution in [0, 0.1) is 0 Å². The van der Waals surface area contributed by atoms with Crippen LogP contribution < -0.4 is 26.4 Å². The molecule has 4 aromatic rings. The Hall–Kier alpha value is -5.02. The number of nitrogens with one attached hydrogen (secondary N) is 3. The standard InChI is InChI=1S/C23H17F6N7O3/c24-22(25,26)10-31-20(37)16-9-36-18(19(30)32-11-33-36)17(16)12-4-6-13(7-5-12)34-21(38)35-14-2-1-3-15(8-14)39-23(27,28)29/h1-9,11H,10H2,(H,31,37)(H2,30,32,33)(H2,34,35,38). The number of fused-ring (bicyclic) bond motifs is 1. The Morgan fingerprint density at radius 2 is 1.67 bits per heavy atom. The number of carbonyl (C=O) groups excluding carboxylic acids is 2. The first-order valence-corrected chi connectivity index (χ1v) is 10.8. The highest BCUT2D eigenvalue weighted by Crippen LogP contribution is 2.33. The molecule has 0 aliphatic rings. The van der Waals surface area contributed by atoms with Crippen molar-refractivity contribution in [1.82, 2.24) is 19.9 Å². The van der Waals surface area contributed by atoms with E-state index in [0.29, 0.717) is 5.56 Å². The van der Waals surface area contributed by atoms with Crippen LogP contribution in [0.4, 0.5) is 48.3 Å². The van der Waals surface area contributed by atoms with E-state index < -0.39 is 36.8 Å². The number of nitrogens with two attached hydrogens (primary N) is 1. The molecule has 0 saturated carbocycles. The third-order valence-corrected chi connectivity index (χ3v) is 5.05. The van der Waals surface area contributed by atoms with Crippen LogP contribution in [-0.2, 0) is 0 Å². The molecule has 0 spiro atoms. The molecule has 3 amide bonds. The molecule has 0 fully saturated rings. The number of urea groups is 1. The number of nitrogens with zero attached hydrogens (tertiary/aromatic N) is 3. The molecule has 10 nitrogen and oxygen atoms in total. The Morgan fingerprint density at radius 1 is 0.974 bits per heavy atom. The molecule has 0 saturated heterocycles. The van der Waals surface area contributed by atoms with Crippen molar-refractivity contribution in [2.24, 2.45) is 0 Å². The maximum Gasteiger partial charge on any atom is 0.573 e. The summed E-state index contributed by atoms with van der Waals surface area (Å²) in [5.41, 5.74) is 6.75. The smallest absolute Gasteiger partial charge is 0.406 e. The van der Waals surface area contributed by atoms with Gasteiger partial charge >= 0.3 is 18.6 Å². The van der Waals surface area contributed by atoms with Gasteiger partial charge < -0.3 is 26.4 Å². The molecule has 0 atom stereocenters. The Labute approximate surface area is 214 Å². The van der Waals surface area contributed by atoms with Crippen LogP contribution in [0.3, 0.4) is 0 Å². The van der Waals surface area contributed by atoms with Gasteiger partial charge in [0, 0.05) is 29.2 Å². The van der Waals surface area contributed by atoms with Crippen molar-refractivity contribution in [1.29, 1.82) is 0 Å². The Bertz CT molecular complexity index is 1520. The SMILES string of the molecule is Nc1ncnn2cc(C(=O)NCC(F)(F)F)c(-c3ccc(NC(=O)Nc4cccc(OC(F)(F)F)c4)cc3)c12. The van der Waals surface area contributed by atoms with E-state index in [1.54, 1.807) is 5.32 Å². The van der Waals surface area contributed by atoms with Crippen LogP contribution in [0.25, 0.3) is 16.6 Å². The molecule has 2 aromatic carbocycles. The number of aromatic nitrogens is 3. The first kappa shape index (κ1) is 27.0. The van der Waals surface area contributed by atoms with Crippen molar-refractivity contribution in [3.8, 4) is 16.9 Å². The minimum absolute atomic E-state index is 0.0242. The zero-order valence-corrected chi connectivity index (χ0v) is 19.4. The van der Waals surface area contributed by atoms with Gasteiger partial charge in [-0.2, -0.15) is 18.3 Å². The number of nitrogen functional groups attached to an aromatic ring is 1. The molecular weight excluding hydrogens is 536 g/mol. The van der Waals surface area contributed by atoms with Crippen LogP contribution in [-0.4, -0.2) is 45.6 Å². The third-order valence-electron chi connectivity index (χ3n) is 5.05. The highest BCUT2D eigenvalue weighted by molar-refractivity contribution is 6.07. The summed E-state index contributed by atoms with van der Waals surface area (Å²) in [4.78, 5) is 28.8. The lowest BCUT2D eigenvalue weighted by molar-refractivity contribution is -0.274. The second-order valence-corrected chi connectivity index (χ2v) is 7.89. The average molecular weight is 553 g/mol. The van der Waals surface area contributed by atoms with E-state index in [1.165, 1.54) is 47.1 Å². The topological polar surface area (TPSA) is 136 Å². The Morgan fingerprint density at radius 3 is 2.33 bits per heavy atom. The molecule has 4 rings (SSSR count). The van der Waals surface area contributed by atoms with Crippen molar-refractivity contribution in [3.05, 3.63) is 66.6 Å². The first-order chi connectivity index (χ1) is 18.3. The lowest BCUT2D eigenvalue weighted by Gasteiger charge is -2.12. The number of hydrogen-bond donors (Lipinski definition) is 4. The van der Waals surface area contributed by atoms with E-state index >= 15 is 0 Å². The molecule has 0 aliphatic heterocycles. The summed E-state index contributed by atoms with van der Waals surface area (Å²) in [6, 6.07) is 9.66. The normalized spacial score (nSPS) is 11.7. The minimum Gasteiger partial charge on any atom is -0.406 e. The summed E-state index contributed by atoms with van der Waals surface area (Å²) in [5, 5.41) is 10.6. The predicted octanol–water partition coefficient (Wildman–Crippen LogP) is 4.81. The number of carbonyl (C=O) groups is 2. The molecule has 16 heteroatoms. The van der Waals surface area contributed by atoms with E-state index in [4.69, 9.17) is 5.73 Å². The van der Waals surface area contributed by atoms with E-state index in [-0.39, 0.29) is 33.8 Å². The molecular formula is C23H17F6N7O3. The predicted molar refractivity (Wildman–Crippen MR) is 127 cm³/mol. The fraction of sp³-hybridized carbons (Fsp3) is 0.130. The van der Waals surface area contributed by atoms with Gasteiger partial charge in [0.15, 0.2) is 5.82 Å². The molecule has 0 radical (unpaired) electrons. The summed E-state index contributed by atoms with van der Waals surface area (Å²) in [6.07, 6.45) is -7.21. The number of anilines is 3. The van der Waals surface area contributed by atoms with Gasteiger partial charge in [0.2, 0.25) is 0 Å². The summed E-state index contributed by atoms with van der Waals surface area (Å²) in [6.45, 7) is -1.55. The molecule has 0 aliphatic carbocycles. The lowest BCUT2D eigenvalue weighted by atomic mass is 10.0. The number of benzene rings is 2. The fourth-order valence-corrected chi connectivity index (χ4v) is 3.56. The quantitative estimate of drug-likeness (QED) is 0.253. The summed E-state index contributed by atoms with van der Waals surface area (Å²) in [7, 11) is 0. The van der Waals surface area contributed by atoms with Crippen molar-refractivity contribution >= 4 is 34.6 Å². The van der Waals surface area contributed by atoms with Gasteiger partial charge in [-0.15, -0.1) is 13.2 Å². The molecule has 2 heterocycles. The van der Waals surface area contributed by atoms with Gasteiger partial charge in [0.25, 0.3) is 5.91 Å². The molecule has 39 heavy (non-hydrogen) atoms. The third kappa shape index (κ3) is 6.85. The van der Waals surface area contributed by atoms with Gasteiger partial charge in [-0.05, 0) is 29.8 Å². The van der Waals surface area contributed by atoms with Crippen molar-refractivity contribution in [2.75, 3.05) is 22.9 Å². The van der Waals surface area contributed by atoms with Crippen molar-refractivity contribution in [3.63, 3.8) is 0 Å². The first-order valence-electron chi connectivity index (χ1n) is 10.8. The van der Waals surface area contributed by atoms with Gasteiger partial charge in [0.1, 0.15) is 24.1 Å². The summed E-state index contributed by atoms with van der Waals surface area (Å²) >= 11 is 0. The minimum atomic E-state index is -4.90. The molecule has 5 N–H and O–H groups in total. The van der Waals surface area contributed by atoms with Gasteiger partial charge in [-0.1, -0.05) is 18.2 Å². The molecule has 2 aromatic heterocycles. The number of halogens is 6. The van der Waals surface area contributed by atoms with E-state index in [1.807, 2.05) is 0 Å². The lowest BCUT2D eigenvalue weighted by Crippen LogP contribution is -2.33. The Balaban J connectivity index is 1.54. The largest absolute Gasteiger partial charge is 0.573 e. The zero-order chi connectivity index (χ0) is 28.4. The fourth-order valence-electron chi connectivity index (χ4n) is 3.56. The van der Waals surface area contributed by atoms with Crippen molar-refractivity contribution < 1.29 is 40.7 Å². The zero-order valence-electron chi connectivity index (χ0n) is 19.4. The maximum absolute atomic E-state index is 12.6. The number of amides is 3. The number of ether oxygens (including phenoxy) is 1. The average Bonchev–Trinajstić information content (AvgIpc) is 3.23. The highest BCUT2D eigenvalue weighted by Gasteiger charge is 2.31. The van der Waals surface area contributed by atoms with Crippen LogP contribution in [0.5, 0.6) is 5.75 Å². The second kappa shape index (κ2) is 10.4. The second-order valence-electron chi connectivity index (χ2n) is 7.89. The Kier molecular flexibility index (Phi) is 7.20. The van der Waals surface area contributed by atoms with E-state index in [0.717, 1.165) is 18.5 Å². The van der Waals surface area contributed by atoms with Gasteiger partial charge in [0.05, 0.1) is 5.56 Å². The summed E-state index contributed by atoms with van der Waals surface area (Å²) < 4.78 is 80.2. The van der Waals surface area contributed by atoms with E-state index in [9.17, 15) is 35.9 Å². The molecule has 204 valence electrons. The number of hydrogen-bond acceptors (Lipinski definition) is 6. The highest BCUT2D eigenvalue weighted by atomic mass is 19.4. The van der Waals surface area contributed by atoms with Crippen LogP contribution in [0.2, 0.25) is 0 Å². The number of alkyl halides is 6. The summed E-state index contributed by atoms with van der Waals surface area (Å²) in [5.74, 6) is -1.58. The monoisotopic (exact) mass is 553 g/mol. The maximum atomic E-state index is 12.6. The van der Waals surface area contributed by atoms with Gasteiger partial charge in [-0.3, -0.25) is 4.79 Å². The molecule has 0 bridgehead atoms. The van der Waals surface area contributed by atoms with Gasteiger partial charge in [-0.25, -0.2) is 14.3 Å². The van der Waals surface area contributed by atoms with Crippen LogP contribution in [0.1, 0.15) is 10.4 Å².